The average molecular weight is 338 g/mol. The molecule has 0 bridgehead atoms. The Balaban J connectivity index is 1.86. The molecule has 3 aromatic rings. The smallest absolute Gasteiger partial charge is 0.254 e. The summed E-state index contributed by atoms with van der Waals surface area (Å²) in [6, 6.07) is 9.90. The van der Waals surface area contributed by atoms with Gasteiger partial charge in [0.1, 0.15) is 11.6 Å². The van der Waals surface area contributed by atoms with Crippen molar-refractivity contribution in [1.82, 2.24) is 20.3 Å². The number of amides is 1. The molecule has 1 atom stereocenters. The number of hydrogen-bond donors (Lipinski definition) is 2. The van der Waals surface area contributed by atoms with E-state index in [4.69, 9.17) is 0 Å². The van der Waals surface area contributed by atoms with E-state index in [0.29, 0.717) is 17.1 Å². The molecule has 0 fully saturated rings. The van der Waals surface area contributed by atoms with Crippen molar-refractivity contribution in [2.75, 3.05) is 0 Å². The van der Waals surface area contributed by atoms with Gasteiger partial charge in [-0.05, 0) is 31.2 Å². The molecule has 6 nitrogen and oxygen atoms in total. The average Bonchev–Trinajstić information content (AvgIpc) is 2.62. The zero-order valence-electron chi connectivity index (χ0n) is 13.4. The Hall–Kier alpha value is -3.35. The Morgan fingerprint density at radius 3 is 2.76 bits per heavy atom. The summed E-state index contributed by atoms with van der Waals surface area (Å²) in [5.74, 6) is -0.833. The van der Waals surface area contributed by atoms with Crippen LogP contribution in [0.4, 0.5) is 4.39 Å². The highest BCUT2D eigenvalue weighted by Crippen LogP contribution is 2.15. The van der Waals surface area contributed by atoms with Gasteiger partial charge in [0.25, 0.3) is 11.5 Å². The Morgan fingerprint density at radius 1 is 1.24 bits per heavy atom. The van der Waals surface area contributed by atoms with Gasteiger partial charge in [-0.1, -0.05) is 12.1 Å². The number of halogens is 1. The van der Waals surface area contributed by atoms with E-state index in [9.17, 15) is 14.0 Å². The molecule has 126 valence electrons. The molecular weight excluding hydrogens is 323 g/mol. The fraction of sp³-hybridized carbons (Fsp3) is 0.111. The highest BCUT2D eigenvalue weighted by atomic mass is 19.1. The second-order valence-corrected chi connectivity index (χ2v) is 5.44. The van der Waals surface area contributed by atoms with Crippen LogP contribution in [0.1, 0.15) is 29.0 Å². The van der Waals surface area contributed by atoms with E-state index < -0.39 is 17.8 Å². The van der Waals surface area contributed by atoms with Gasteiger partial charge in [0.2, 0.25) is 0 Å². The van der Waals surface area contributed by atoms with E-state index in [1.807, 2.05) is 0 Å². The minimum Gasteiger partial charge on any atom is -0.344 e. The summed E-state index contributed by atoms with van der Waals surface area (Å²) in [5.41, 5.74) is 0.601. The molecule has 0 saturated carbocycles. The topological polar surface area (TPSA) is 87.7 Å². The zero-order chi connectivity index (χ0) is 17.8. The van der Waals surface area contributed by atoms with Crippen LogP contribution in [0.25, 0.3) is 11.4 Å². The number of nitrogens with zero attached hydrogens (tertiary/aromatic N) is 2. The normalized spacial score (nSPS) is 11.8. The molecule has 0 spiro atoms. The van der Waals surface area contributed by atoms with Gasteiger partial charge in [-0.15, -0.1) is 0 Å². The molecule has 0 aliphatic heterocycles. The van der Waals surface area contributed by atoms with Crippen molar-refractivity contribution in [3.8, 4) is 11.4 Å². The van der Waals surface area contributed by atoms with Crippen molar-refractivity contribution in [1.29, 1.82) is 0 Å². The van der Waals surface area contributed by atoms with Crippen molar-refractivity contribution in [3.05, 3.63) is 82.3 Å². The van der Waals surface area contributed by atoms with Gasteiger partial charge in [0, 0.05) is 24.0 Å². The fourth-order valence-corrected chi connectivity index (χ4v) is 2.33. The Bertz CT molecular complexity index is 957. The van der Waals surface area contributed by atoms with Crippen molar-refractivity contribution in [2.45, 2.75) is 13.0 Å². The number of aromatic amines is 1. The number of pyridine rings is 1. The van der Waals surface area contributed by atoms with Crippen molar-refractivity contribution in [3.63, 3.8) is 0 Å². The standard InChI is InChI=1S/C18H15FN4O2/c1-11(21-18(25)13-6-2-3-7-14(13)19)15-9-16(24)23-17(22-15)12-5-4-8-20-10-12/h2-11H,1H3,(H,21,25)(H,22,23,24). The Morgan fingerprint density at radius 2 is 2.04 bits per heavy atom. The summed E-state index contributed by atoms with van der Waals surface area (Å²) in [6.07, 6.45) is 3.19. The number of carbonyl (C=O) groups excluding carboxylic acids is 1. The first-order chi connectivity index (χ1) is 12.0. The second-order valence-electron chi connectivity index (χ2n) is 5.44. The van der Waals surface area contributed by atoms with E-state index in [2.05, 4.69) is 20.3 Å². The summed E-state index contributed by atoms with van der Waals surface area (Å²) < 4.78 is 13.7. The predicted octanol–water partition coefficient (Wildman–Crippen LogP) is 2.46. The molecule has 1 amide bonds. The molecule has 0 radical (unpaired) electrons. The highest BCUT2D eigenvalue weighted by Gasteiger charge is 2.16. The number of H-pyrrole nitrogens is 1. The number of rotatable bonds is 4. The Labute approximate surface area is 142 Å². The predicted molar refractivity (Wildman–Crippen MR) is 90.4 cm³/mol. The first-order valence-corrected chi connectivity index (χ1v) is 7.61. The third-order valence-electron chi connectivity index (χ3n) is 3.61. The van der Waals surface area contributed by atoms with E-state index in [-0.39, 0.29) is 11.1 Å². The molecule has 2 N–H and O–H groups in total. The third-order valence-corrected chi connectivity index (χ3v) is 3.61. The summed E-state index contributed by atoms with van der Waals surface area (Å²) >= 11 is 0. The van der Waals surface area contributed by atoms with E-state index in [1.165, 1.54) is 24.3 Å². The van der Waals surface area contributed by atoms with Crippen LogP contribution in [-0.2, 0) is 0 Å². The molecule has 1 unspecified atom stereocenters. The molecule has 1 aromatic carbocycles. The second kappa shape index (κ2) is 7.04. The fourth-order valence-electron chi connectivity index (χ4n) is 2.33. The SMILES string of the molecule is CC(NC(=O)c1ccccc1F)c1cc(=O)[nH]c(-c2cccnc2)n1. The first-order valence-electron chi connectivity index (χ1n) is 7.61. The number of nitrogens with one attached hydrogen (secondary N) is 2. The van der Waals surface area contributed by atoms with Gasteiger partial charge in [-0.3, -0.25) is 14.6 Å². The summed E-state index contributed by atoms with van der Waals surface area (Å²) in [7, 11) is 0. The quantitative estimate of drug-likeness (QED) is 0.765. The van der Waals surface area contributed by atoms with Gasteiger partial charge in [0.15, 0.2) is 0 Å². The molecular formula is C18H15FN4O2. The highest BCUT2D eigenvalue weighted by molar-refractivity contribution is 5.94. The largest absolute Gasteiger partial charge is 0.344 e. The number of carbonyl (C=O) groups is 1. The minimum atomic E-state index is -0.609. The van der Waals surface area contributed by atoms with E-state index in [0.717, 1.165) is 0 Å². The number of aromatic nitrogens is 3. The van der Waals surface area contributed by atoms with E-state index in [1.54, 1.807) is 37.5 Å². The van der Waals surface area contributed by atoms with Crippen LogP contribution >= 0.6 is 0 Å². The molecule has 0 aliphatic rings. The molecule has 0 saturated heterocycles. The third kappa shape index (κ3) is 3.77. The van der Waals surface area contributed by atoms with Crippen LogP contribution in [-0.4, -0.2) is 20.9 Å². The number of benzene rings is 1. The molecule has 2 heterocycles. The van der Waals surface area contributed by atoms with Crippen LogP contribution in [0.15, 0.2) is 59.7 Å². The molecule has 3 rings (SSSR count). The molecule has 7 heteroatoms. The lowest BCUT2D eigenvalue weighted by atomic mass is 10.1. The lowest BCUT2D eigenvalue weighted by Crippen LogP contribution is -2.29. The van der Waals surface area contributed by atoms with Crippen LogP contribution in [0.5, 0.6) is 0 Å². The minimum absolute atomic E-state index is 0.0633. The summed E-state index contributed by atoms with van der Waals surface area (Å²) in [4.78, 5) is 35.1. The maximum Gasteiger partial charge on any atom is 0.254 e. The van der Waals surface area contributed by atoms with Crippen molar-refractivity contribution in [2.24, 2.45) is 0 Å². The first kappa shape index (κ1) is 16.5. The maximum atomic E-state index is 13.7. The van der Waals surface area contributed by atoms with Crippen molar-refractivity contribution >= 4 is 5.91 Å². The molecule has 0 aliphatic carbocycles. The summed E-state index contributed by atoms with van der Waals surface area (Å²) in [6.45, 7) is 1.67. The molecule has 25 heavy (non-hydrogen) atoms. The van der Waals surface area contributed by atoms with Gasteiger partial charge < -0.3 is 10.3 Å². The molecule has 2 aromatic heterocycles. The van der Waals surface area contributed by atoms with Crippen LogP contribution in [0, 0.1) is 5.82 Å². The Kier molecular flexibility index (Phi) is 4.65. The van der Waals surface area contributed by atoms with Crippen molar-refractivity contribution < 1.29 is 9.18 Å². The van der Waals surface area contributed by atoms with Crippen LogP contribution < -0.4 is 10.9 Å². The summed E-state index contributed by atoms with van der Waals surface area (Å²) in [5, 5.41) is 2.65. The van der Waals surface area contributed by atoms with Gasteiger partial charge >= 0.3 is 0 Å². The van der Waals surface area contributed by atoms with Gasteiger partial charge in [-0.25, -0.2) is 9.37 Å². The maximum absolute atomic E-state index is 13.7. The zero-order valence-corrected chi connectivity index (χ0v) is 13.4. The van der Waals surface area contributed by atoms with Gasteiger partial charge in [0.05, 0.1) is 17.3 Å². The van der Waals surface area contributed by atoms with E-state index >= 15 is 0 Å². The van der Waals surface area contributed by atoms with Gasteiger partial charge in [-0.2, -0.15) is 0 Å². The van der Waals surface area contributed by atoms with Crippen LogP contribution in [0.2, 0.25) is 0 Å². The monoisotopic (exact) mass is 338 g/mol. The number of hydrogen-bond acceptors (Lipinski definition) is 4. The van der Waals surface area contributed by atoms with Crippen LogP contribution in [0.3, 0.4) is 0 Å². The lowest BCUT2D eigenvalue weighted by Gasteiger charge is -2.14. The lowest BCUT2D eigenvalue weighted by molar-refractivity contribution is 0.0935.